The number of rotatable bonds is 6. The second kappa shape index (κ2) is 7.95. The Bertz CT molecular complexity index is 1160. The molecule has 5 unspecified atom stereocenters. The van der Waals surface area contributed by atoms with Crippen LogP contribution in [0.25, 0.3) is 0 Å². The number of hydrogen-bond donors (Lipinski definition) is 1. The number of imide groups is 1. The predicted molar refractivity (Wildman–Crippen MR) is 120 cm³/mol. The van der Waals surface area contributed by atoms with Gasteiger partial charge in [-0.2, -0.15) is 0 Å². The highest BCUT2D eigenvalue weighted by Gasteiger charge is 2.60. The third-order valence-corrected chi connectivity index (χ3v) is 7.10. The minimum atomic E-state index is -0.833. The molecule has 8 nitrogen and oxygen atoms in total. The molecule has 168 valence electrons. The number of nitrogens with zero attached hydrogens (tertiary/aromatic N) is 2. The third-order valence-electron chi connectivity index (χ3n) is 7.10. The molecule has 2 aromatic rings. The molecule has 2 aliphatic carbocycles. The summed E-state index contributed by atoms with van der Waals surface area (Å²) < 4.78 is 0. The molecule has 1 saturated heterocycles. The standard InChI is InChI=1S/C25H23N3O5/c1-14-4-2-3-5-19(14)26-21(29)13-20(15-8-10-18(11-9-15)28(32)33)27-24(30)22-16-6-7-17(12-16)23(22)25(27)31/h2-11,16-17,20,22-23H,12-13H2,1H3,(H,26,29). The first-order valence-corrected chi connectivity index (χ1v) is 11.0. The van der Waals surface area contributed by atoms with Crippen LogP contribution in [0.5, 0.6) is 0 Å². The second-order valence-electron chi connectivity index (χ2n) is 8.98. The van der Waals surface area contributed by atoms with Gasteiger partial charge in [0.05, 0.1) is 29.2 Å². The maximum Gasteiger partial charge on any atom is 0.269 e. The fraction of sp³-hybridized carbons (Fsp3) is 0.320. The van der Waals surface area contributed by atoms with Crippen molar-refractivity contribution in [3.8, 4) is 0 Å². The number of para-hydroxylation sites is 1. The molecule has 1 aliphatic heterocycles. The number of amides is 3. The first-order valence-electron chi connectivity index (χ1n) is 11.0. The molecule has 2 aromatic carbocycles. The van der Waals surface area contributed by atoms with Gasteiger partial charge in [0, 0.05) is 17.8 Å². The lowest BCUT2D eigenvalue weighted by atomic mass is 9.85. The molecule has 0 spiro atoms. The number of allylic oxidation sites excluding steroid dienone is 2. The van der Waals surface area contributed by atoms with Gasteiger partial charge in [-0.25, -0.2) is 0 Å². The lowest BCUT2D eigenvalue weighted by Crippen LogP contribution is -2.38. The molecule has 0 radical (unpaired) electrons. The van der Waals surface area contributed by atoms with Gasteiger partial charge in [0.25, 0.3) is 5.69 Å². The van der Waals surface area contributed by atoms with Crippen LogP contribution in [0.1, 0.15) is 30.0 Å². The van der Waals surface area contributed by atoms with Crippen LogP contribution < -0.4 is 5.32 Å². The van der Waals surface area contributed by atoms with Crippen molar-refractivity contribution in [3.05, 3.63) is 81.9 Å². The Morgan fingerprint density at radius 3 is 2.24 bits per heavy atom. The molecule has 33 heavy (non-hydrogen) atoms. The zero-order valence-corrected chi connectivity index (χ0v) is 18.0. The van der Waals surface area contributed by atoms with Crippen molar-refractivity contribution < 1.29 is 19.3 Å². The van der Waals surface area contributed by atoms with E-state index >= 15 is 0 Å². The highest BCUT2D eigenvalue weighted by molar-refractivity contribution is 6.07. The summed E-state index contributed by atoms with van der Waals surface area (Å²) >= 11 is 0. The molecule has 1 heterocycles. The lowest BCUT2D eigenvalue weighted by molar-refractivity contribution is -0.384. The summed E-state index contributed by atoms with van der Waals surface area (Å²) in [6, 6.07) is 12.2. The van der Waals surface area contributed by atoms with Gasteiger partial charge in [-0.05, 0) is 42.4 Å². The average Bonchev–Trinajstić information content (AvgIpc) is 3.48. The Morgan fingerprint density at radius 1 is 1.06 bits per heavy atom. The van der Waals surface area contributed by atoms with Crippen LogP contribution in [-0.4, -0.2) is 27.5 Å². The van der Waals surface area contributed by atoms with Crippen molar-refractivity contribution in [2.45, 2.75) is 25.8 Å². The van der Waals surface area contributed by atoms with Crippen molar-refractivity contribution in [2.75, 3.05) is 5.32 Å². The molecular weight excluding hydrogens is 422 g/mol. The number of likely N-dealkylation sites (tertiary alicyclic amines) is 1. The maximum atomic E-state index is 13.4. The Hall–Kier alpha value is -3.81. The summed E-state index contributed by atoms with van der Waals surface area (Å²) in [5.41, 5.74) is 1.97. The average molecular weight is 445 g/mol. The summed E-state index contributed by atoms with van der Waals surface area (Å²) in [5.74, 6) is -1.51. The number of nitro groups is 1. The molecule has 2 bridgehead atoms. The van der Waals surface area contributed by atoms with Crippen molar-refractivity contribution in [2.24, 2.45) is 23.7 Å². The fourth-order valence-corrected chi connectivity index (χ4v) is 5.50. The number of carbonyl (C=O) groups excluding carboxylic acids is 3. The van der Waals surface area contributed by atoms with E-state index in [1.807, 2.05) is 37.3 Å². The van der Waals surface area contributed by atoms with Gasteiger partial charge in [0.1, 0.15) is 0 Å². The van der Waals surface area contributed by atoms with E-state index in [1.54, 1.807) is 6.07 Å². The predicted octanol–water partition coefficient (Wildman–Crippen LogP) is 3.78. The van der Waals surface area contributed by atoms with Gasteiger partial charge in [-0.3, -0.25) is 29.4 Å². The molecule has 5 atom stereocenters. The Kier molecular flexibility index (Phi) is 5.08. The molecule has 5 rings (SSSR count). The van der Waals surface area contributed by atoms with Gasteiger partial charge >= 0.3 is 0 Å². The number of nitro benzene ring substituents is 1. The quantitative estimate of drug-likeness (QED) is 0.315. The number of non-ortho nitro benzene ring substituents is 1. The molecule has 1 N–H and O–H groups in total. The molecule has 1 saturated carbocycles. The number of hydrogen-bond acceptors (Lipinski definition) is 5. The van der Waals surface area contributed by atoms with Gasteiger partial charge in [0.2, 0.25) is 17.7 Å². The van der Waals surface area contributed by atoms with Gasteiger partial charge in [-0.1, -0.05) is 42.5 Å². The van der Waals surface area contributed by atoms with Crippen molar-refractivity contribution in [1.29, 1.82) is 0 Å². The molecule has 8 heteroatoms. The monoisotopic (exact) mass is 445 g/mol. The van der Waals surface area contributed by atoms with Crippen molar-refractivity contribution in [3.63, 3.8) is 0 Å². The van der Waals surface area contributed by atoms with E-state index in [4.69, 9.17) is 0 Å². The van der Waals surface area contributed by atoms with Gasteiger partial charge in [-0.15, -0.1) is 0 Å². The van der Waals surface area contributed by atoms with E-state index in [0.717, 1.165) is 12.0 Å². The van der Waals surface area contributed by atoms with Crippen molar-refractivity contribution in [1.82, 2.24) is 4.90 Å². The first-order chi connectivity index (χ1) is 15.8. The summed E-state index contributed by atoms with van der Waals surface area (Å²) in [4.78, 5) is 51.6. The van der Waals surface area contributed by atoms with Crippen LogP contribution in [0, 0.1) is 40.7 Å². The Labute approximate surface area is 190 Å². The topological polar surface area (TPSA) is 110 Å². The SMILES string of the molecule is Cc1ccccc1NC(=O)CC(c1ccc([N+](=O)[O-])cc1)N1C(=O)C2C3C=CC(C3)C2C1=O. The van der Waals surface area contributed by atoms with E-state index in [-0.39, 0.29) is 53.5 Å². The summed E-state index contributed by atoms with van der Waals surface area (Å²) in [7, 11) is 0. The zero-order chi connectivity index (χ0) is 23.3. The van der Waals surface area contributed by atoms with Crippen molar-refractivity contribution >= 4 is 29.1 Å². The number of benzene rings is 2. The molecule has 2 fully saturated rings. The van der Waals surface area contributed by atoms with Crippen LogP contribution in [0.4, 0.5) is 11.4 Å². The summed E-state index contributed by atoms with van der Waals surface area (Å²) in [5, 5.41) is 13.9. The molecule has 3 aliphatic rings. The van der Waals surface area contributed by atoms with E-state index in [0.29, 0.717) is 11.3 Å². The Balaban J connectivity index is 1.46. The number of aryl methyl sites for hydroxylation is 1. The maximum absolute atomic E-state index is 13.4. The van der Waals surface area contributed by atoms with Crippen LogP contribution in [0.15, 0.2) is 60.7 Å². The largest absolute Gasteiger partial charge is 0.326 e. The van der Waals surface area contributed by atoms with Gasteiger partial charge in [0.15, 0.2) is 0 Å². The minimum Gasteiger partial charge on any atom is -0.326 e. The van der Waals surface area contributed by atoms with E-state index in [9.17, 15) is 24.5 Å². The lowest BCUT2D eigenvalue weighted by Gasteiger charge is -2.28. The number of fused-ring (bicyclic) bond motifs is 5. The van der Waals surface area contributed by atoms with Crippen LogP contribution in [0.3, 0.4) is 0 Å². The summed E-state index contributed by atoms with van der Waals surface area (Å²) in [6.45, 7) is 1.88. The number of anilines is 1. The first kappa shape index (κ1) is 21.1. The van der Waals surface area contributed by atoms with E-state index in [1.165, 1.54) is 29.2 Å². The highest BCUT2D eigenvalue weighted by atomic mass is 16.6. The fourth-order valence-electron chi connectivity index (χ4n) is 5.50. The normalized spacial score (nSPS) is 25.9. The number of nitrogens with one attached hydrogen (secondary N) is 1. The van der Waals surface area contributed by atoms with Gasteiger partial charge < -0.3 is 5.32 Å². The Morgan fingerprint density at radius 2 is 1.67 bits per heavy atom. The number of carbonyl (C=O) groups is 3. The van der Waals surface area contributed by atoms with E-state index < -0.39 is 11.0 Å². The highest BCUT2D eigenvalue weighted by Crippen LogP contribution is 2.54. The molecule has 3 amide bonds. The summed E-state index contributed by atoms with van der Waals surface area (Å²) in [6.07, 6.45) is 4.72. The second-order valence-corrected chi connectivity index (χ2v) is 8.98. The molecular formula is C25H23N3O5. The third kappa shape index (κ3) is 3.51. The van der Waals surface area contributed by atoms with Crippen LogP contribution in [-0.2, 0) is 14.4 Å². The minimum absolute atomic E-state index is 0.0553. The van der Waals surface area contributed by atoms with E-state index in [2.05, 4.69) is 5.32 Å². The zero-order valence-electron chi connectivity index (χ0n) is 18.0. The smallest absolute Gasteiger partial charge is 0.269 e. The molecule has 0 aromatic heterocycles. The van der Waals surface area contributed by atoms with Crippen LogP contribution >= 0.6 is 0 Å². The van der Waals surface area contributed by atoms with Crippen LogP contribution in [0.2, 0.25) is 0 Å².